The van der Waals surface area contributed by atoms with Crippen LogP contribution in [0.1, 0.15) is 41.2 Å². The summed E-state index contributed by atoms with van der Waals surface area (Å²) in [7, 11) is 1.64. The van der Waals surface area contributed by atoms with Crippen molar-refractivity contribution in [1.29, 1.82) is 0 Å². The van der Waals surface area contributed by atoms with Crippen molar-refractivity contribution in [3.8, 4) is 5.75 Å². The highest BCUT2D eigenvalue weighted by atomic mass is 32.1. The maximum atomic E-state index is 12.6. The average molecular weight is 358 g/mol. The molecule has 2 heterocycles. The topological polar surface area (TPSA) is 58.6 Å². The van der Waals surface area contributed by atoms with Crippen LogP contribution in [-0.4, -0.2) is 36.9 Å². The molecular weight excluding hydrogens is 336 g/mol. The highest BCUT2D eigenvalue weighted by Crippen LogP contribution is 2.33. The lowest BCUT2D eigenvalue weighted by Crippen LogP contribution is -2.34. The molecule has 0 bridgehead atoms. The quantitative estimate of drug-likeness (QED) is 0.862. The van der Waals surface area contributed by atoms with Crippen LogP contribution in [0.25, 0.3) is 0 Å². The Kier molecular flexibility index (Phi) is 5.71. The van der Waals surface area contributed by atoms with E-state index < -0.39 is 0 Å². The molecule has 1 aliphatic heterocycles. The molecule has 1 aromatic heterocycles. The lowest BCUT2D eigenvalue weighted by molar-refractivity contribution is -0.132. The molecule has 5 nitrogen and oxygen atoms in total. The number of nitrogens with zero attached hydrogens (tertiary/aromatic N) is 1. The lowest BCUT2D eigenvalue weighted by Gasteiger charge is -2.25. The maximum absolute atomic E-state index is 12.6. The molecule has 1 aliphatic rings. The Morgan fingerprint density at radius 1 is 1.28 bits per heavy atom. The van der Waals surface area contributed by atoms with Crippen molar-refractivity contribution in [2.75, 3.05) is 20.2 Å². The van der Waals surface area contributed by atoms with Crippen molar-refractivity contribution in [2.24, 2.45) is 0 Å². The molecule has 2 amide bonds. The fourth-order valence-electron chi connectivity index (χ4n) is 3.16. The lowest BCUT2D eigenvalue weighted by atomic mass is 10.0. The molecule has 25 heavy (non-hydrogen) atoms. The van der Waals surface area contributed by atoms with Gasteiger partial charge in [-0.1, -0.05) is 12.1 Å². The van der Waals surface area contributed by atoms with Crippen LogP contribution in [0.4, 0.5) is 0 Å². The predicted molar refractivity (Wildman–Crippen MR) is 98.0 cm³/mol. The van der Waals surface area contributed by atoms with Gasteiger partial charge in [-0.15, -0.1) is 0 Å². The van der Waals surface area contributed by atoms with E-state index in [1.807, 2.05) is 34.5 Å². The molecule has 3 rings (SSSR count). The van der Waals surface area contributed by atoms with E-state index in [1.165, 1.54) is 11.3 Å². The van der Waals surface area contributed by atoms with Gasteiger partial charge in [-0.05, 0) is 42.0 Å². The first kappa shape index (κ1) is 17.5. The van der Waals surface area contributed by atoms with E-state index in [4.69, 9.17) is 4.74 Å². The normalized spacial score (nSPS) is 16.7. The summed E-state index contributed by atoms with van der Waals surface area (Å²) in [6.07, 6.45) is 2.30. The standard InChI is InChI=1S/C19H22N2O3S/c1-24-16-6-4-14(5-7-16)17-3-2-11-21(17)18(22)8-10-20-19(23)15-9-12-25-13-15/h4-7,9,12-13,17H,2-3,8,10-11H2,1H3,(H,20,23). The highest BCUT2D eigenvalue weighted by molar-refractivity contribution is 7.08. The van der Waals surface area contributed by atoms with Crippen molar-refractivity contribution in [3.05, 3.63) is 52.2 Å². The molecule has 1 unspecified atom stereocenters. The van der Waals surface area contributed by atoms with Crippen molar-refractivity contribution >= 4 is 23.2 Å². The molecule has 0 spiro atoms. The van der Waals surface area contributed by atoms with Crippen molar-refractivity contribution in [1.82, 2.24) is 10.2 Å². The summed E-state index contributed by atoms with van der Waals surface area (Å²) in [6, 6.07) is 9.79. The molecule has 132 valence electrons. The minimum Gasteiger partial charge on any atom is -0.497 e. The van der Waals surface area contributed by atoms with E-state index in [9.17, 15) is 9.59 Å². The monoisotopic (exact) mass is 358 g/mol. The molecule has 0 aliphatic carbocycles. The Hall–Kier alpha value is -2.34. The van der Waals surface area contributed by atoms with Crippen LogP contribution >= 0.6 is 11.3 Å². The van der Waals surface area contributed by atoms with Gasteiger partial charge in [0.2, 0.25) is 5.91 Å². The van der Waals surface area contributed by atoms with Crippen molar-refractivity contribution < 1.29 is 14.3 Å². The van der Waals surface area contributed by atoms with Gasteiger partial charge in [0.1, 0.15) is 5.75 Å². The molecule has 1 fully saturated rings. The van der Waals surface area contributed by atoms with Crippen LogP contribution in [0, 0.1) is 0 Å². The number of carbonyl (C=O) groups is 2. The van der Waals surface area contributed by atoms with Gasteiger partial charge < -0.3 is 15.0 Å². The Bertz CT molecular complexity index is 713. The largest absolute Gasteiger partial charge is 0.497 e. The number of ether oxygens (including phenoxy) is 1. The van der Waals surface area contributed by atoms with Gasteiger partial charge in [0, 0.05) is 30.5 Å². The second kappa shape index (κ2) is 8.16. The Labute approximate surface area is 151 Å². The van der Waals surface area contributed by atoms with Crippen LogP contribution in [0.15, 0.2) is 41.1 Å². The smallest absolute Gasteiger partial charge is 0.252 e. The summed E-state index contributed by atoms with van der Waals surface area (Å²) in [4.78, 5) is 26.4. The number of likely N-dealkylation sites (tertiary alicyclic amines) is 1. The average Bonchev–Trinajstić information content (AvgIpc) is 3.33. The molecule has 6 heteroatoms. The molecule has 1 saturated heterocycles. The fraction of sp³-hybridized carbons (Fsp3) is 0.368. The van der Waals surface area contributed by atoms with Crippen LogP contribution in [-0.2, 0) is 4.79 Å². The number of carbonyl (C=O) groups excluding carboxylic acids is 2. The van der Waals surface area contributed by atoms with Gasteiger partial charge in [0.05, 0.1) is 13.2 Å². The zero-order valence-electron chi connectivity index (χ0n) is 14.2. The minimum atomic E-state index is -0.123. The van der Waals surface area contributed by atoms with Gasteiger partial charge in [-0.2, -0.15) is 11.3 Å². The summed E-state index contributed by atoms with van der Waals surface area (Å²) >= 11 is 1.48. The Balaban J connectivity index is 1.54. The van der Waals surface area contributed by atoms with E-state index in [0.29, 0.717) is 18.5 Å². The van der Waals surface area contributed by atoms with Crippen LogP contribution < -0.4 is 10.1 Å². The first-order chi connectivity index (χ1) is 12.2. The minimum absolute atomic E-state index is 0.0870. The molecular formula is C19H22N2O3S. The molecule has 1 aromatic carbocycles. The summed E-state index contributed by atoms with van der Waals surface area (Å²) in [5.74, 6) is 0.780. The SMILES string of the molecule is COc1ccc(C2CCCN2C(=O)CCNC(=O)c2ccsc2)cc1. The van der Waals surface area contributed by atoms with Gasteiger partial charge in [0.15, 0.2) is 0 Å². The van der Waals surface area contributed by atoms with E-state index in [-0.39, 0.29) is 17.9 Å². The first-order valence-electron chi connectivity index (χ1n) is 8.43. The third kappa shape index (κ3) is 4.20. The van der Waals surface area contributed by atoms with Gasteiger partial charge in [-0.3, -0.25) is 9.59 Å². The van der Waals surface area contributed by atoms with E-state index in [1.54, 1.807) is 18.6 Å². The van der Waals surface area contributed by atoms with Crippen LogP contribution in [0.5, 0.6) is 5.75 Å². The summed E-state index contributed by atoms with van der Waals surface area (Å²) < 4.78 is 5.19. The number of amides is 2. The number of methoxy groups -OCH3 is 1. The third-order valence-electron chi connectivity index (χ3n) is 4.48. The number of rotatable bonds is 6. The van der Waals surface area contributed by atoms with Gasteiger partial charge in [-0.25, -0.2) is 0 Å². The third-order valence-corrected chi connectivity index (χ3v) is 5.16. The summed E-state index contributed by atoms with van der Waals surface area (Å²) in [5.41, 5.74) is 1.78. The molecule has 1 N–H and O–H groups in total. The fourth-order valence-corrected chi connectivity index (χ4v) is 3.80. The second-order valence-electron chi connectivity index (χ2n) is 6.04. The predicted octanol–water partition coefficient (Wildman–Crippen LogP) is 3.24. The first-order valence-corrected chi connectivity index (χ1v) is 9.37. The van der Waals surface area contributed by atoms with Crippen LogP contribution in [0.3, 0.4) is 0 Å². The zero-order chi connectivity index (χ0) is 17.6. The molecule has 0 saturated carbocycles. The van der Waals surface area contributed by atoms with Crippen LogP contribution in [0.2, 0.25) is 0 Å². The van der Waals surface area contributed by atoms with E-state index >= 15 is 0 Å². The molecule has 1 atom stereocenters. The molecule has 0 radical (unpaired) electrons. The van der Waals surface area contributed by atoms with E-state index in [2.05, 4.69) is 5.32 Å². The maximum Gasteiger partial charge on any atom is 0.252 e. The zero-order valence-corrected chi connectivity index (χ0v) is 15.1. The number of thiophene rings is 1. The number of benzene rings is 1. The molecule has 2 aromatic rings. The second-order valence-corrected chi connectivity index (χ2v) is 6.82. The number of hydrogen-bond donors (Lipinski definition) is 1. The Morgan fingerprint density at radius 2 is 2.08 bits per heavy atom. The van der Waals surface area contributed by atoms with Gasteiger partial charge in [0.25, 0.3) is 5.91 Å². The Morgan fingerprint density at radius 3 is 2.76 bits per heavy atom. The van der Waals surface area contributed by atoms with Crippen molar-refractivity contribution in [2.45, 2.75) is 25.3 Å². The van der Waals surface area contributed by atoms with E-state index in [0.717, 1.165) is 30.7 Å². The summed E-state index contributed by atoms with van der Waals surface area (Å²) in [6.45, 7) is 1.13. The number of nitrogens with one attached hydrogen (secondary N) is 1. The van der Waals surface area contributed by atoms with Gasteiger partial charge >= 0.3 is 0 Å². The number of hydrogen-bond acceptors (Lipinski definition) is 4. The van der Waals surface area contributed by atoms with Crippen molar-refractivity contribution in [3.63, 3.8) is 0 Å². The highest BCUT2D eigenvalue weighted by Gasteiger charge is 2.29. The summed E-state index contributed by atoms with van der Waals surface area (Å²) in [5, 5.41) is 6.48.